The van der Waals surface area contributed by atoms with Gasteiger partial charge in [-0.15, -0.1) is 71.0 Å². The number of benzene rings is 6. The van der Waals surface area contributed by atoms with Gasteiger partial charge in [0.05, 0.1) is 0 Å². The number of allylic oxidation sites excluding steroid dienone is 4. The first kappa shape index (κ1) is 48.7. The van der Waals surface area contributed by atoms with Gasteiger partial charge < -0.3 is 0 Å². The van der Waals surface area contributed by atoms with Gasteiger partial charge in [-0.25, -0.2) is 12.2 Å². The van der Waals surface area contributed by atoms with E-state index in [2.05, 4.69) is 209 Å². The first-order chi connectivity index (χ1) is 27.6. The number of hydrogen-bond donors (Lipinski definition) is 0. The molecule has 7 aromatic carbocycles. The fourth-order valence-electron chi connectivity index (χ4n) is 7.85. The summed E-state index contributed by atoms with van der Waals surface area (Å²) in [6.45, 7) is 22.7. The molecule has 0 heterocycles. The predicted molar refractivity (Wildman–Crippen MR) is 266 cm³/mol. The van der Waals surface area contributed by atoms with E-state index in [1.807, 2.05) is 12.2 Å². The van der Waals surface area contributed by atoms with E-state index in [-0.39, 0.29) is 35.6 Å². The summed E-state index contributed by atoms with van der Waals surface area (Å²) in [6.07, 6.45) is 12.2. The van der Waals surface area contributed by atoms with Crippen LogP contribution in [0.25, 0.3) is 43.8 Å². The summed E-state index contributed by atoms with van der Waals surface area (Å²) < 4.78 is 1.61. The maximum Gasteiger partial charge on any atom is -0.0139 e. The zero-order valence-electron chi connectivity index (χ0n) is 37.3. The molecule has 0 fully saturated rings. The van der Waals surface area contributed by atoms with Crippen molar-refractivity contribution in [1.82, 2.24) is 0 Å². The van der Waals surface area contributed by atoms with Crippen LogP contribution < -0.4 is 0 Å². The molecule has 7 aromatic rings. The summed E-state index contributed by atoms with van der Waals surface area (Å²) in [7, 11) is 0. The van der Waals surface area contributed by atoms with Crippen molar-refractivity contribution in [3.05, 3.63) is 196 Å². The Morgan fingerprint density at radius 3 is 1.27 bits per heavy atom. The monoisotopic (exact) mass is 906 g/mol. The van der Waals surface area contributed by atoms with Crippen LogP contribution in [0.15, 0.2) is 146 Å². The summed E-state index contributed by atoms with van der Waals surface area (Å²) in [4.78, 5) is 0. The SMILES string of the molecule is Cc1ccc(C[C](=[Zr+2])Cc2ccc(C)cc2)cc1.Cc1ccccc1-c1cc2[cH-]c3cc(-c4ccccc4C)c(C(C)(C)C)cc3c2cc1C(C)(C)C.Cl.Cl.[C-]1=CC=CC1. The van der Waals surface area contributed by atoms with E-state index < -0.39 is 0 Å². The van der Waals surface area contributed by atoms with Crippen molar-refractivity contribution in [2.45, 2.75) is 99.3 Å². The van der Waals surface area contributed by atoms with E-state index in [1.54, 1.807) is 27.4 Å². The Morgan fingerprint density at radius 1 is 0.550 bits per heavy atom. The number of hydrogen-bond acceptors (Lipinski definition) is 0. The molecule has 1 aliphatic rings. The fraction of sp³-hybridized carbons (Fsp3) is 0.263. The van der Waals surface area contributed by atoms with Gasteiger partial charge in [-0.1, -0.05) is 102 Å². The molecule has 0 bridgehead atoms. The van der Waals surface area contributed by atoms with Gasteiger partial charge >= 0.3 is 125 Å². The average molecular weight is 909 g/mol. The van der Waals surface area contributed by atoms with Gasteiger partial charge in [0.2, 0.25) is 0 Å². The smallest absolute Gasteiger partial charge is 0.0139 e. The zero-order valence-corrected chi connectivity index (χ0v) is 41.4. The van der Waals surface area contributed by atoms with E-state index in [1.165, 1.54) is 88.3 Å². The van der Waals surface area contributed by atoms with Crippen molar-refractivity contribution in [1.29, 1.82) is 0 Å². The largest absolute Gasteiger partial charge is 0.273 e. The van der Waals surface area contributed by atoms with Crippen LogP contribution in [0.3, 0.4) is 0 Å². The van der Waals surface area contributed by atoms with Crippen molar-refractivity contribution in [2.24, 2.45) is 0 Å². The second-order valence-electron chi connectivity index (χ2n) is 18.2. The second kappa shape index (κ2) is 21.2. The molecule has 0 spiro atoms. The maximum absolute atomic E-state index is 2.99. The molecule has 8 rings (SSSR count). The average Bonchev–Trinajstić information content (AvgIpc) is 3.88. The van der Waals surface area contributed by atoms with Crippen LogP contribution in [-0.4, -0.2) is 3.21 Å². The molecule has 0 aliphatic heterocycles. The minimum absolute atomic E-state index is 0. The maximum atomic E-state index is 2.99. The molecule has 0 unspecified atom stereocenters. The third-order valence-corrected chi connectivity index (χ3v) is 12.0. The predicted octanol–water partition coefficient (Wildman–Crippen LogP) is 16.2. The van der Waals surface area contributed by atoms with Gasteiger partial charge in [0, 0.05) is 0 Å². The third kappa shape index (κ3) is 12.3. The first-order valence-corrected chi connectivity index (χ1v) is 22.0. The molecule has 0 atom stereocenters. The Hall–Kier alpha value is -4.00. The van der Waals surface area contributed by atoms with E-state index >= 15 is 0 Å². The molecule has 60 heavy (non-hydrogen) atoms. The van der Waals surface area contributed by atoms with Gasteiger partial charge in [0.1, 0.15) is 0 Å². The Balaban J connectivity index is 0.000000265. The van der Waals surface area contributed by atoms with E-state index in [4.69, 9.17) is 0 Å². The van der Waals surface area contributed by atoms with Gasteiger partial charge in [0.15, 0.2) is 0 Å². The molecular formula is C57H62Cl2Zr. The van der Waals surface area contributed by atoms with Crippen LogP contribution in [0, 0.1) is 33.8 Å². The molecule has 3 heteroatoms. The summed E-state index contributed by atoms with van der Waals surface area (Å²) in [5.41, 5.74) is 16.5. The van der Waals surface area contributed by atoms with Gasteiger partial charge in [0.25, 0.3) is 0 Å². The van der Waals surface area contributed by atoms with E-state index in [0.29, 0.717) is 0 Å². The van der Waals surface area contributed by atoms with Crippen molar-refractivity contribution < 1.29 is 24.2 Å². The molecule has 1 aliphatic carbocycles. The Labute approximate surface area is 388 Å². The number of rotatable bonds is 6. The topological polar surface area (TPSA) is 0 Å². The first-order valence-electron chi connectivity index (χ1n) is 20.8. The molecule has 0 saturated heterocycles. The molecule has 0 radical (unpaired) electrons. The van der Waals surface area contributed by atoms with Gasteiger partial charge in [-0.05, 0) is 69.2 Å². The second-order valence-corrected chi connectivity index (χ2v) is 19.9. The Bertz CT molecular complexity index is 2410. The summed E-state index contributed by atoms with van der Waals surface area (Å²) in [6, 6.07) is 47.5. The molecule has 0 nitrogen and oxygen atoms in total. The van der Waals surface area contributed by atoms with Crippen molar-refractivity contribution >= 4 is 49.6 Å². The third-order valence-electron chi connectivity index (χ3n) is 11.1. The Morgan fingerprint density at radius 2 is 0.950 bits per heavy atom. The molecule has 308 valence electrons. The summed E-state index contributed by atoms with van der Waals surface area (Å²) in [5, 5.41) is 5.38. The van der Waals surface area contributed by atoms with Crippen LogP contribution in [0.2, 0.25) is 0 Å². The van der Waals surface area contributed by atoms with Crippen LogP contribution in [0.4, 0.5) is 0 Å². The molecule has 0 N–H and O–H groups in total. The Kier molecular flexibility index (Phi) is 17.2. The van der Waals surface area contributed by atoms with Crippen LogP contribution in [0.1, 0.15) is 92.5 Å². The fourth-order valence-corrected chi connectivity index (χ4v) is 8.85. The van der Waals surface area contributed by atoms with Crippen LogP contribution >= 0.6 is 24.8 Å². The number of halogens is 2. The number of fused-ring (bicyclic) bond motifs is 3. The van der Waals surface area contributed by atoms with Crippen molar-refractivity contribution in [2.75, 3.05) is 0 Å². The quantitative estimate of drug-likeness (QED) is 0.146. The van der Waals surface area contributed by atoms with Gasteiger partial charge in [-0.2, -0.15) is 6.08 Å². The summed E-state index contributed by atoms with van der Waals surface area (Å²) >= 11 is 1.55. The van der Waals surface area contributed by atoms with Crippen molar-refractivity contribution in [3.63, 3.8) is 0 Å². The zero-order chi connectivity index (χ0) is 41.6. The van der Waals surface area contributed by atoms with Gasteiger partial charge in [-0.3, -0.25) is 6.08 Å². The molecule has 0 amide bonds. The molecule has 0 aromatic heterocycles. The minimum atomic E-state index is 0. The van der Waals surface area contributed by atoms with E-state index in [9.17, 15) is 0 Å². The summed E-state index contributed by atoms with van der Waals surface area (Å²) in [5.74, 6) is 0. The molecular weight excluding hydrogens is 847 g/mol. The van der Waals surface area contributed by atoms with Crippen LogP contribution in [-0.2, 0) is 47.9 Å². The number of aryl methyl sites for hydroxylation is 4. The minimum Gasteiger partial charge on any atom is -0.273 e. The molecule has 0 saturated carbocycles. The van der Waals surface area contributed by atoms with E-state index in [0.717, 1.165) is 19.3 Å². The van der Waals surface area contributed by atoms with Crippen LogP contribution in [0.5, 0.6) is 0 Å². The van der Waals surface area contributed by atoms with Crippen molar-refractivity contribution in [3.8, 4) is 22.3 Å². The normalized spacial score (nSPS) is 11.9. The standard InChI is InChI=1S/C35H37.C17H18.C5H5.2ClH.Zr/c1-22-13-9-11-15-26(22)30-18-24-17-25-19-31(27-16-12-10-14-23(27)2)33(35(6,7)8)21-29(25)28(24)20-32(30)34(3,4)5;1-14-6-10-16(11-7-14)4-3-5-17-12-8-15(2)9-13-17;1-2-4-5-3-1;;;/h9-21H,1-8H3;6-13H,4-5H2,1-2H3;1-3H,4H2;2*1H;/q-1;;-1;;;+2.